The van der Waals surface area contributed by atoms with Crippen LogP contribution in [0.4, 0.5) is 0 Å². The van der Waals surface area contributed by atoms with Gasteiger partial charge < -0.3 is 0 Å². The van der Waals surface area contributed by atoms with Crippen molar-refractivity contribution in [2.75, 3.05) is 0 Å². The molecule has 0 amide bonds. The molecular formula is C11H3Br2Cl6N3. The lowest BCUT2D eigenvalue weighted by Crippen LogP contribution is -2.17. The first-order valence-electron chi connectivity index (χ1n) is 5.35. The zero-order valence-corrected chi connectivity index (χ0v) is 17.8. The van der Waals surface area contributed by atoms with Crippen molar-refractivity contribution in [2.45, 2.75) is 7.59 Å². The third-order valence-electron chi connectivity index (χ3n) is 2.33. The Balaban J connectivity index is 2.76. The number of aromatic nitrogens is 3. The molecule has 0 bridgehead atoms. The largest absolute Gasteiger partial charge is 0.250 e. The molecule has 2 rings (SSSR count). The van der Waals surface area contributed by atoms with E-state index >= 15 is 0 Å². The zero-order valence-electron chi connectivity index (χ0n) is 10.1. The van der Waals surface area contributed by atoms with Gasteiger partial charge in [-0.05, 0) is 44.0 Å². The molecular weight excluding hydrogens is 547 g/mol. The van der Waals surface area contributed by atoms with Crippen molar-refractivity contribution in [1.82, 2.24) is 15.0 Å². The van der Waals surface area contributed by atoms with Crippen LogP contribution in [0.5, 0.6) is 0 Å². The second-order valence-electron chi connectivity index (χ2n) is 3.90. The molecule has 0 radical (unpaired) electrons. The smallest absolute Gasteiger partial charge is 0.209 e. The third kappa shape index (κ3) is 4.51. The van der Waals surface area contributed by atoms with Gasteiger partial charge in [-0.2, -0.15) is 0 Å². The molecule has 22 heavy (non-hydrogen) atoms. The average molecular weight is 550 g/mol. The summed E-state index contributed by atoms with van der Waals surface area (Å²) in [6.45, 7) is 0. The number of hydrogen-bond acceptors (Lipinski definition) is 3. The molecule has 2 aromatic rings. The van der Waals surface area contributed by atoms with Gasteiger partial charge in [-0.3, -0.25) is 0 Å². The third-order valence-corrected chi connectivity index (χ3v) is 4.66. The topological polar surface area (TPSA) is 38.7 Å². The highest BCUT2D eigenvalue weighted by atomic mass is 79.9. The molecule has 0 aliphatic heterocycles. The van der Waals surface area contributed by atoms with Crippen molar-refractivity contribution in [3.8, 4) is 11.4 Å². The van der Waals surface area contributed by atoms with Crippen LogP contribution >= 0.6 is 101 Å². The van der Waals surface area contributed by atoms with E-state index in [9.17, 15) is 0 Å². The first-order valence-corrected chi connectivity index (χ1v) is 9.20. The molecule has 0 saturated heterocycles. The molecule has 1 aromatic carbocycles. The standard InChI is InChI=1S/C11H3Br2Cl6N3/c12-4-2-1-3-5(13)6(4)7-20-8(10(14,15)16)22-9(21-7)11(17,18)19/h1-3H. The van der Waals surface area contributed by atoms with Gasteiger partial charge in [0.25, 0.3) is 0 Å². The Kier molecular flexibility index (Phi) is 6.17. The molecule has 11 heteroatoms. The normalized spacial score (nSPS) is 12.5. The maximum absolute atomic E-state index is 5.85. The molecule has 0 unspecified atom stereocenters. The van der Waals surface area contributed by atoms with Crippen molar-refractivity contribution in [2.24, 2.45) is 0 Å². The van der Waals surface area contributed by atoms with E-state index in [0.29, 0.717) is 14.5 Å². The Labute approximate surface area is 172 Å². The van der Waals surface area contributed by atoms with Gasteiger partial charge >= 0.3 is 0 Å². The fourth-order valence-corrected chi connectivity index (χ4v) is 3.31. The summed E-state index contributed by atoms with van der Waals surface area (Å²) in [7, 11) is 0. The lowest BCUT2D eigenvalue weighted by molar-refractivity contribution is 0.850. The molecule has 3 nitrogen and oxygen atoms in total. The van der Waals surface area contributed by atoms with Gasteiger partial charge in [0.1, 0.15) is 0 Å². The van der Waals surface area contributed by atoms with Gasteiger partial charge in [0.15, 0.2) is 17.5 Å². The molecule has 0 aliphatic carbocycles. The summed E-state index contributed by atoms with van der Waals surface area (Å²) in [5.41, 5.74) is 0.607. The number of halogens is 8. The lowest BCUT2D eigenvalue weighted by Gasteiger charge is -2.16. The van der Waals surface area contributed by atoms with Crippen LogP contribution in [-0.4, -0.2) is 15.0 Å². The maximum atomic E-state index is 5.85. The Morgan fingerprint density at radius 2 is 1.14 bits per heavy atom. The Morgan fingerprint density at radius 1 is 0.727 bits per heavy atom. The van der Waals surface area contributed by atoms with Gasteiger partial charge in [0.2, 0.25) is 7.59 Å². The molecule has 1 aromatic heterocycles. The summed E-state index contributed by atoms with van der Waals surface area (Å²) in [5, 5.41) is 0. The molecule has 0 fully saturated rings. The summed E-state index contributed by atoms with van der Waals surface area (Å²) in [6, 6.07) is 5.42. The highest BCUT2D eigenvalue weighted by molar-refractivity contribution is 9.11. The molecule has 0 spiro atoms. The summed E-state index contributed by atoms with van der Waals surface area (Å²) >= 11 is 41.9. The summed E-state index contributed by atoms with van der Waals surface area (Å²) in [5.74, 6) is -0.102. The van der Waals surface area contributed by atoms with Crippen molar-refractivity contribution in [1.29, 1.82) is 0 Å². The summed E-state index contributed by atoms with van der Waals surface area (Å²) < 4.78 is -2.37. The van der Waals surface area contributed by atoms with Gasteiger partial charge in [-0.1, -0.05) is 75.7 Å². The van der Waals surface area contributed by atoms with E-state index < -0.39 is 7.59 Å². The van der Waals surface area contributed by atoms with Crippen LogP contribution < -0.4 is 0 Å². The van der Waals surface area contributed by atoms with E-state index in [4.69, 9.17) is 69.6 Å². The maximum Gasteiger partial charge on any atom is 0.250 e. The highest BCUT2D eigenvalue weighted by Gasteiger charge is 2.34. The van der Waals surface area contributed by atoms with Crippen LogP contribution in [0, 0.1) is 0 Å². The molecule has 1 heterocycles. The predicted molar refractivity (Wildman–Crippen MR) is 99.1 cm³/mol. The molecule has 0 atom stereocenters. The van der Waals surface area contributed by atoms with Crippen molar-refractivity contribution < 1.29 is 0 Å². The number of hydrogen-bond donors (Lipinski definition) is 0. The number of benzene rings is 1. The second kappa shape index (κ2) is 7.04. The predicted octanol–water partition coefficient (Wildman–Crippen LogP) is 6.72. The SMILES string of the molecule is ClC(Cl)(Cl)c1nc(-c2c(Br)cccc2Br)nc(C(Cl)(Cl)Cl)n1. The van der Waals surface area contributed by atoms with Crippen LogP contribution in [0.1, 0.15) is 11.6 Å². The van der Waals surface area contributed by atoms with Gasteiger partial charge in [-0.15, -0.1) is 0 Å². The van der Waals surface area contributed by atoms with E-state index in [0.717, 1.165) is 0 Å². The van der Waals surface area contributed by atoms with Crippen molar-refractivity contribution in [3.05, 3.63) is 38.8 Å². The Morgan fingerprint density at radius 3 is 1.50 bits per heavy atom. The fourth-order valence-electron chi connectivity index (χ4n) is 1.45. The van der Waals surface area contributed by atoms with Gasteiger partial charge in [-0.25, -0.2) is 15.0 Å². The van der Waals surface area contributed by atoms with Crippen molar-refractivity contribution >= 4 is 101 Å². The minimum atomic E-state index is -1.89. The van der Waals surface area contributed by atoms with Crippen LogP contribution in [0.2, 0.25) is 0 Å². The summed E-state index contributed by atoms with van der Waals surface area (Å²) in [6.07, 6.45) is 0. The van der Waals surface area contributed by atoms with Gasteiger partial charge in [0.05, 0.1) is 0 Å². The van der Waals surface area contributed by atoms with E-state index in [1.807, 2.05) is 6.07 Å². The zero-order chi connectivity index (χ0) is 16.7. The fraction of sp³-hybridized carbons (Fsp3) is 0.182. The Hall–Kier alpha value is 0.930. The van der Waals surface area contributed by atoms with Crippen molar-refractivity contribution in [3.63, 3.8) is 0 Å². The van der Waals surface area contributed by atoms with Crippen LogP contribution in [0.15, 0.2) is 27.1 Å². The van der Waals surface area contributed by atoms with Crippen LogP contribution in [0.3, 0.4) is 0 Å². The molecule has 118 valence electrons. The number of nitrogens with zero attached hydrogens (tertiary/aromatic N) is 3. The first kappa shape index (κ1) is 19.3. The van der Waals surface area contributed by atoms with Crippen LogP contribution in [-0.2, 0) is 7.59 Å². The first-order chi connectivity index (χ1) is 10.00. The minimum Gasteiger partial charge on any atom is -0.209 e. The lowest BCUT2D eigenvalue weighted by atomic mass is 10.2. The van der Waals surface area contributed by atoms with Gasteiger partial charge in [0, 0.05) is 14.5 Å². The summed E-state index contributed by atoms with van der Waals surface area (Å²) in [4.78, 5) is 12.2. The van der Waals surface area contributed by atoms with Crippen LogP contribution in [0.25, 0.3) is 11.4 Å². The van der Waals surface area contributed by atoms with E-state index in [1.54, 1.807) is 12.1 Å². The number of alkyl halides is 6. The molecule has 0 aliphatic rings. The molecule has 0 N–H and O–H groups in total. The average Bonchev–Trinajstić information content (AvgIpc) is 2.36. The quantitative estimate of drug-likeness (QED) is 0.371. The second-order valence-corrected chi connectivity index (χ2v) is 10.2. The monoisotopic (exact) mass is 545 g/mol. The van der Waals surface area contributed by atoms with E-state index in [-0.39, 0.29) is 17.5 Å². The van der Waals surface area contributed by atoms with E-state index in [2.05, 4.69) is 46.8 Å². The van der Waals surface area contributed by atoms with E-state index in [1.165, 1.54) is 0 Å². The number of rotatable bonds is 1. The Bertz CT molecular complexity index is 661. The highest BCUT2D eigenvalue weighted by Crippen LogP contribution is 2.42. The molecule has 0 saturated carbocycles. The minimum absolute atomic E-state index is 0.147.